The second-order valence-electron chi connectivity index (χ2n) is 2.77. The molecule has 80 valence electrons. The van der Waals surface area contributed by atoms with Crippen LogP contribution in [0.1, 0.15) is 22.8 Å². The zero-order valence-electron chi connectivity index (χ0n) is 7.90. The lowest BCUT2D eigenvalue weighted by Gasteiger charge is -2.03. The van der Waals surface area contributed by atoms with Gasteiger partial charge in [-0.05, 0) is 40.0 Å². The molecule has 0 saturated carbocycles. The summed E-state index contributed by atoms with van der Waals surface area (Å²) in [5, 5.41) is 8.88. The molecule has 0 spiro atoms. The number of aryl methyl sites for hydroxylation is 1. The number of hydrogen-bond donors (Lipinski definition) is 0. The Morgan fingerprint density at radius 2 is 2.27 bits per heavy atom. The molecule has 0 fully saturated rings. The lowest BCUT2D eigenvalue weighted by atomic mass is 10.1. The highest BCUT2D eigenvalue weighted by Crippen LogP contribution is 2.19. The summed E-state index contributed by atoms with van der Waals surface area (Å²) in [6.07, 6.45) is 0.742. The average molecular weight is 274 g/mol. The average Bonchev–Trinajstić information content (AvgIpc) is 2.17. The summed E-state index contributed by atoms with van der Waals surface area (Å²) in [5.74, 6) is -0.970. The van der Waals surface area contributed by atoms with Crippen LogP contribution in [0.25, 0.3) is 0 Å². The van der Waals surface area contributed by atoms with Gasteiger partial charge in [-0.15, -0.1) is 10.1 Å². The maximum atomic E-state index is 11.3. The number of benzene rings is 1. The predicted molar refractivity (Wildman–Crippen MR) is 55.9 cm³/mol. The largest absolute Gasteiger partial charge is 0.335 e. The molecular weight excluding hydrogens is 266 g/mol. The fourth-order valence-corrected chi connectivity index (χ4v) is 1.47. The van der Waals surface area contributed by atoms with E-state index in [4.69, 9.17) is 0 Å². The Kier molecular flexibility index (Phi) is 3.79. The molecule has 0 amide bonds. The topological polar surface area (TPSA) is 69.4 Å². The van der Waals surface area contributed by atoms with Gasteiger partial charge in [-0.1, -0.05) is 13.0 Å². The quantitative estimate of drug-likeness (QED) is 0.626. The van der Waals surface area contributed by atoms with Crippen molar-refractivity contribution in [1.29, 1.82) is 0 Å². The van der Waals surface area contributed by atoms with Gasteiger partial charge in [0, 0.05) is 4.47 Å². The highest BCUT2D eigenvalue weighted by Gasteiger charge is 2.14. The van der Waals surface area contributed by atoms with Gasteiger partial charge in [0.05, 0.1) is 5.56 Å². The van der Waals surface area contributed by atoms with Gasteiger partial charge in [-0.25, -0.2) is 4.84 Å². The van der Waals surface area contributed by atoms with E-state index in [1.165, 1.54) is 0 Å². The van der Waals surface area contributed by atoms with Gasteiger partial charge < -0.3 is 0 Å². The van der Waals surface area contributed by atoms with Crippen molar-refractivity contribution in [2.45, 2.75) is 13.3 Å². The van der Waals surface area contributed by atoms with E-state index in [1.54, 1.807) is 12.1 Å². The third-order valence-corrected chi connectivity index (χ3v) is 2.51. The van der Waals surface area contributed by atoms with E-state index in [1.807, 2.05) is 13.0 Å². The molecule has 0 saturated heterocycles. The van der Waals surface area contributed by atoms with Crippen LogP contribution in [0.3, 0.4) is 0 Å². The van der Waals surface area contributed by atoms with Gasteiger partial charge >= 0.3 is 11.1 Å². The first kappa shape index (κ1) is 11.6. The van der Waals surface area contributed by atoms with Crippen LogP contribution in [0.4, 0.5) is 0 Å². The Balaban J connectivity index is 3.01. The van der Waals surface area contributed by atoms with E-state index < -0.39 is 11.1 Å². The van der Waals surface area contributed by atoms with Crippen molar-refractivity contribution in [2.75, 3.05) is 0 Å². The molecule has 15 heavy (non-hydrogen) atoms. The van der Waals surface area contributed by atoms with Gasteiger partial charge in [-0.3, -0.25) is 4.79 Å². The molecule has 0 heterocycles. The van der Waals surface area contributed by atoms with Gasteiger partial charge in [0.15, 0.2) is 0 Å². The number of nitrogens with zero attached hydrogens (tertiary/aromatic N) is 1. The lowest BCUT2D eigenvalue weighted by molar-refractivity contribution is -0.727. The molecule has 0 N–H and O–H groups in total. The molecule has 5 nitrogen and oxygen atoms in total. The first-order valence-corrected chi connectivity index (χ1v) is 4.99. The summed E-state index contributed by atoms with van der Waals surface area (Å²) in [4.78, 5) is 25.1. The van der Waals surface area contributed by atoms with Crippen LogP contribution < -0.4 is 0 Å². The van der Waals surface area contributed by atoms with Crippen LogP contribution >= 0.6 is 15.9 Å². The Morgan fingerprint density at radius 1 is 1.60 bits per heavy atom. The summed E-state index contributed by atoms with van der Waals surface area (Å²) < 4.78 is 0.478. The standard InChI is InChI=1S/C9H8BrNO4/c1-2-6-3-4-8(10)7(5-6)9(12)15-11(13)14/h3-5H,2H2,1H3. The molecule has 6 heteroatoms. The monoisotopic (exact) mass is 273 g/mol. The molecule has 0 bridgehead atoms. The zero-order valence-corrected chi connectivity index (χ0v) is 9.48. The fraction of sp³-hybridized carbons (Fsp3) is 0.222. The van der Waals surface area contributed by atoms with Crippen LogP contribution in [0, 0.1) is 10.1 Å². The molecule has 1 aromatic rings. The van der Waals surface area contributed by atoms with Crippen molar-refractivity contribution < 1.29 is 14.7 Å². The van der Waals surface area contributed by atoms with Crippen molar-refractivity contribution in [3.8, 4) is 0 Å². The molecule has 0 aliphatic rings. The predicted octanol–water partition coefficient (Wildman–Crippen LogP) is 2.36. The lowest BCUT2D eigenvalue weighted by Crippen LogP contribution is -2.11. The first-order chi connectivity index (χ1) is 7.04. The molecule has 1 aromatic carbocycles. The second-order valence-corrected chi connectivity index (χ2v) is 3.62. The van der Waals surface area contributed by atoms with Crippen molar-refractivity contribution >= 4 is 21.9 Å². The third kappa shape index (κ3) is 3.02. The van der Waals surface area contributed by atoms with E-state index in [2.05, 4.69) is 20.8 Å². The smallest absolute Gasteiger partial charge is 0.263 e. The number of rotatable bonds is 3. The Labute approximate surface area is 94.3 Å². The Bertz CT molecular complexity index is 405. The van der Waals surface area contributed by atoms with E-state index in [0.29, 0.717) is 4.47 Å². The Hall–Kier alpha value is -1.43. The van der Waals surface area contributed by atoms with E-state index in [9.17, 15) is 14.9 Å². The van der Waals surface area contributed by atoms with Crippen LogP contribution in [0.2, 0.25) is 0 Å². The number of carbonyl (C=O) groups is 1. The fourth-order valence-electron chi connectivity index (χ4n) is 1.07. The Morgan fingerprint density at radius 3 is 2.80 bits per heavy atom. The van der Waals surface area contributed by atoms with Crippen LogP contribution in [0.5, 0.6) is 0 Å². The minimum absolute atomic E-state index is 0.158. The third-order valence-electron chi connectivity index (χ3n) is 1.82. The highest BCUT2D eigenvalue weighted by molar-refractivity contribution is 9.10. The van der Waals surface area contributed by atoms with E-state index in [-0.39, 0.29) is 5.56 Å². The van der Waals surface area contributed by atoms with Gasteiger partial charge in [0.2, 0.25) is 0 Å². The van der Waals surface area contributed by atoms with Gasteiger partial charge in [0.1, 0.15) is 0 Å². The number of halogens is 1. The van der Waals surface area contributed by atoms with E-state index in [0.717, 1.165) is 12.0 Å². The van der Waals surface area contributed by atoms with Crippen molar-refractivity contribution in [3.63, 3.8) is 0 Å². The molecule has 1 rings (SSSR count). The molecule has 0 aromatic heterocycles. The second kappa shape index (κ2) is 4.88. The van der Waals surface area contributed by atoms with Crippen molar-refractivity contribution in [2.24, 2.45) is 0 Å². The van der Waals surface area contributed by atoms with Crippen molar-refractivity contribution in [3.05, 3.63) is 43.9 Å². The van der Waals surface area contributed by atoms with E-state index >= 15 is 0 Å². The highest BCUT2D eigenvalue weighted by atomic mass is 79.9. The molecule has 0 atom stereocenters. The minimum atomic E-state index is -1.12. The van der Waals surface area contributed by atoms with Crippen LogP contribution in [0.15, 0.2) is 22.7 Å². The van der Waals surface area contributed by atoms with Gasteiger partial charge in [-0.2, -0.15) is 0 Å². The zero-order chi connectivity index (χ0) is 11.4. The molecule has 0 unspecified atom stereocenters. The first-order valence-electron chi connectivity index (χ1n) is 4.19. The summed E-state index contributed by atoms with van der Waals surface area (Å²) in [6, 6.07) is 5.05. The SMILES string of the molecule is CCc1ccc(Br)c(C(=O)O[N+](=O)[O-])c1. The summed E-state index contributed by atoms with van der Waals surface area (Å²) in [6.45, 7) is 1.92. The molecule has 0 radical (unpaired) electrons. The normalized spacial score (nSPS) is 9.73. The number of carbonyl (C=O) groups excluding carboxylic acids is 1. The maximum Gasteiger partial charge on any atom is 0.335 e. The number of hydrogen-bond acceptors (Lipinski definition) is 4. The molecule has 0 aliphatic heterocycles. The van der Waals surface area contributed by atoms with Crippen LogP contribution in [-0.2, 0) is 11.3 Å². The van der Waals surface area contributed by atoms with Gasteiger partial charge in [0.25, 0.3) is 0 Å². The summed E-state index contributed by atoms with van der Waals surface area (Å²) >= 11 is 3.13. The summed E-state index contributed by atoms with van der Waals surface area (Å²) in [7, 11) is 0. The minimum Gasteiger partial charge on any atom is -0.263 e. The molecular formula is C9H8BrNO4. The summed E-state index contributed by atoms with van der Waals surface area (Å²) in [5.41, 5.74) is 1.07. The van der Waals surface area contributed by atoms with Crippen molar-refractivity contribution in [1.82, 2.24) is 0 Å². The molecule has 0 aliphatic carbocycles. The maximum absolute atomic E-state index is 11.3. The van der Waals surface area contributed by atoms with Crippen LogP contribution in [-0.4, -0.2) is 11.1 Å².